The van der Waals surface area contributed by atoms with Crippen LogP contribution in [0.3, 0.4) is 0 Å². The van der Waals surface area contributed by atoms with Gasteiger partial charge in [0, 0.05) is 31.4 Å². The van der Waals surface area contributed by atoms with Gasteiger partial charge >= 0.3 is 12.1 Å². The third-order valence-electron chi connectivity index (χ3n) is 7.45. The highest BCUT2D eigenvalue weighted by atomic mass is 16.5. The van der Waals surface area contributed by atoms with E-state index in [2.05, 4.69) is 26.0 Å². The van der Waals surface area contributed by atoms with Gasteiger partial charge in [0.2, 0.25) is 29.5 Å². The maximum atomic E-state index is 13.9. The fourth-order valence-corrected chi connectivity index (χ4v) is 4.83. The number of nitrogens with one attached hydrogen (secondary N) is 4. The summed E-state index contributed by atoms with van der Waals surface area (Å²) in [6.07, 6.45) is 1.20. The Morgan fingerprint density at radius 2 is 1.22 bits per heavy atom. The maximum absolute atomic E-state index is 13.9. The largest absolute Gasteiger partial charge is 0.466 e. The van der Waals surface area contributed by atoms with Crippen LogP contribution in [0, 0.1) is 5.92 Å². The second-order valence-corrected chi connectivity index (χ2v) is 12.2. The van der Waals surface area contributed by atoms with Crippen molar-refractivity contribution < 1.29 is 43.0 Å². The standard InChI is InChI=1S/C36H48N6O9/c1-23(2)20-28(42-36(49)51-22-25-12-8-5-9-13-25)34(47)41-29(21-24-10-6-4-7-11-24)35(48)40-27(16-18-31(38)44)33(46)39-26(14-17-30(37)43)15-19-32(45)50-3/h4-13,15,19,23,26-29H,14,16-18,20-22H2,1-3H3,(H2,37,43)(H2,38,44)(H,39,46)(H,40,48)(H,41,47)(H,42,49)/b19-15+/t26-,27-,28-,29-/m0/s1. The third-order valence-corrected chi connectivity index (χ3v) is 7.45. The maximum Gasteiger partial charge on any atom is 0.408 e. The van der Waals surface area contributed by atoms with E-state index in [1.807, 2.05) is 19.9 Å². The van der Waals surface area contributed by atoms with Crippen LogP contribution in [0.25, 0.3) is 0 Å². The van der Waals surface area contributed by atoms with Crippen molar-refractivity contribution in [2.75, 3.05) is 7.11 Å². The Kier molecular flexibility index (Phi) is 17.9. The highest BCUT2D eigenvalue weighted by Crippen LogP contribution is 2.11. The van der Waals surface area contributed by atoms with E-state index in [0.717, 1.165) is 11.6 Å². The molecule has 2 rings (SSSR count). The average Bonchev–Trinajstić information content (AvgIpc) is 3.09. The summed E-state index contributed by atoms with van der Waals surface area (Å²) in [6.45, 7) is 3.72. The van der Waals surface area contributed by atoms with Gasteiger partial charge in [0.1, 0.15) is 24.7 Å². The lowest BCUT2D eigenvalue weighted by atomic mass is 10.0. The molecule has 0 bridgehead atoms. The smallest absolute Gasteiger partial charge is 0.408 e. The zero-order valence-electron chi connectivity index (χ0n) is 29.1. The summed E-state index contributed by atoms with van der Waals surface area (Å²) in [5, 5.41) is 10.6. The minimum Gasteiger partial charge on any atom is -0.466 e. The van der Waals surface area contributed by atoms with Crippen LogP contribution in [0.15, 0.2) is 72.8 Å². The van der Waals surface area contributed by atoms with E-state index in [-0.39, 0.29) is 51.0 Å². The van der Waals surface area contributed by atoms with Crippen LogP contribution in [0.1, 0.15) is 57.1 Å². The fraction of sp³-hybridized carbons (Fsp3) is 0.417. The van der Waals surface area contributed by atoms with Crippen molar-refractivity contribution in [3.05, 3.63) is 83.9 Å². The molecule has 0 radical (unpaired) electrons. The number of alkyl carbamates (subject to hydrolysis) is 1. The predicted octanol–water partition coefficient (Wildman–Crippen LogP) is 1.28. The van der Waals surface area contributed by atoms with Crippen LogP contribution in [0.4, 0.5) is 4.79 Å². The zero-order valence-corrected chi connectivity index (χ0v) is 29.1. The zero-order chi connectivity index (χ0) is 37.8. The highest BCUT2D eigenvalue weighted by Gasteiger charge is 2.31. The van der Waals surface area contributed by atoms with Gasteiger partial charge in [-0.3, -0.25) is 24.0 Å². The van der Waals surface area contributed by atoms with E-state index < -0.39 is 65.8 Å². The fourth-order valence-electron chi connectivity index (χ4n) is 4.83. The number of carbonyl (C=O) groups is 7. The Hall–Kier alpha value is -5.73. The van der Waals surface area contributed by atoms with Crippen LogP contribution < -0.4 is 32.7 Å². The molecular weight excluding hydrogens is 660 g/mol. The van der Waals surface area contributed by atoms with E-state index in [0.29, 0.717) is 5.56 Å². The summed E-state index contributed by atoms with van der Waals surface area (Å²) >= 11 is 0. The second-order valence-electron chi connectivity index (χ2n) is 12.2. The lowest BCUT2D eigenvalue weighted by Gasteiger charge is -2.26. The van der Waals surface area contributed by atoms with Crippen LogP contribution in [0.5, 0.6) is 0 Å². The summed E-state index contributed by atoms with van der Waals surface area (Å²) in [7, 11) is 1.17. The van der Waals surface area contributed by atoms with Gasteiger partial charge in [-0.2, -0.15) is 0 Å². The normalized spacial score (nSPS) is 13.3. The number of ether oxygens (including phenoxy) is 2. The molecule has 2 aromatic rings. The molecule has 2 aromatic carbocycles. The second kappa shape index (κ2) is 22.1. The van der Waals surface area contributed by atoms with Crippen LogP contribution in [-0.2, 0) is 51.3 Å². The van der Waals surface area contributed by atoms with Crippen LogP contribution >= 0.6 is 0 Å². The van der Waals surface area contributed by atoms with Crippen molar-refractivity contribution in [2.24, 2.45) is 17.4 Å². The molecule has 6 amide bonds. The Morgan fingerprint density at radius 1 is 0.686 bits per heavy atom. The number of amides is 6. The third kappa shape index (κ3) is 17.0. The minimum atomic E-state index is -1.32. The van der Waals surface area contributed by atoms with Gasteiger partial charge in [0.15, 0.2) is 0 Å². The molecule has 0 heterocycles. The molecule has 0 aromatic heterocycles. The number of benzene rings is 2. The molecule has 0 aliphatic heterocycles. The summed E-state index contributed by atoms with van der Waals surface area (Å²) < 4.78 is 9.90. The van der Waals surface area contributed by atoms with E-state index in [1.165, 1.54) is 13.2 Å². The molecule has 0 aliphatic rings. The first kappa shape index (κ1) is 41.4. The summed E-state index contributed by atoms with van der Waals surface area (Å²) in [5.41, 5.74) is 12.1. The van der Waals surface area contributed by atoms with Crippen molar-refractivity contribution in [2.45, 2.75) is 83.1 Å². The van der Waals surface area contributed by atoms with E-state index in [1.54, 1.807) is 54.6 Å². The van der Waals surface area contributed by atoms with Crippen molar-refractivity contribution in [1.82, 2.24) is 21.3 Å². The van der Waals surface area contributed by atoms with Gasteiger partial charge in [-0.05, 0) is 36.3 Å². The monoisotopic (exact) mass is 708 g/mol. The SMILES string of the molecule is COC(=O)/C=C/[C@H](CCC(N)=O)NC(=O)[C@H](CCC(N)=O)NC(=O)[C@H](Cc1ccccc1)NC(=O)[C@H](CC(C)C)NC(=O)OCc1ccccc1. The van der Waals surface area contributed by atoms with Gasteiger partial charge < -0.3 is 42.2 Å². The summed E-state index contributed by atoms with van der Waals surface area (Å²) in [6, 6.07) is 13.3. The molecule has 15 nitrogen and oxygen atoms in total. The molecule has 51 heavy (non-hydrogen) atoms. The van der Waals surface area contributed by atoms with E-state index >= 15 is 0 Å². The molecule has 0 saturated heterocycles. The molecule has 4 atom stereocenters. The first-order valence-electron chi connectivity index (χ1n) is 16.5. The molecule has 0 aliphatic carbocycles. The van der Waals surface area contributed by atoms with Crippen molar-refractivity contribution in [1.29, 1.82) is 0 Å². The number of esters is 1. The summed E-state index contributed by atoms with van der Waals surface area (Å²) in [4.78, 5) is 88.5. The number of nitrogens with two attached hydrogens (primary N) is 2. The van der Waals surface area contributed by atoms with Gasteiger partial charge in [0.05, 0.1) is 7.11 Å². The van der Waals surface area contributed by atoms with Crippen LogP contribution in [0.2, 0.25) is 0 Å². The first-order chi connectivity index (χ1) is 24.3. The molecule has 0 fully saturated rings. The Balaban J connectivity index is 2.30. The van der Waals surface area contributed by atoms with Gasteiger partial charge in [0.25, 0.3) is 0 Å². The molecule has 0 saturated carbocycles. The molecule has 8 N–H and O–H groups in total. The molecular formula is C36H48N6O9. The highest BCUT2D eigenvalue weighted by molar-refractivity contribution is 5.94. The summed E-state index contributed by atoms with van der Waals surface area (Å²) in [5.74, 6) is -4.28. The quantitative estimate of drug-likeness (QED) is 0.0808. The van der Waals surface area contributed by atoms with Crippen molar-refractivity contribution >= 4 is 41.6 Å². The first-order valence-corrected chi connectivity index (χ1v) is 16.5. The van der Waals surface area contributed by atoms with E-state index in [9.17, 15) is 33.6 Å². The van der Waals surface area contributed by atoms with Gasteiger partial charge in [-0.1, -0.05) is 80.6 Å². The molecule has 0 spiro atoms. The Bertz CT molecular complexity index is 1500. The van der Waals surface area contributed by atoms with Gasteiger partial charge in [-0.15, -0.1) is 0 Å². The number of rotatable bonds is 21. The number of hydrogen-bond acceptors (Lipinski definition) is 9. The Morgan fingerprint density at radius 3 is 1.78 bits per heavy atom. The van der Waals surface area contributed by atoms with E-state index in [4.69, 9.17) is 16.2 Å². The van der Waals surface area contributed by atoms with Crippen molar-refractivity contribution in [3.8, 4) is 0 Å². The number of carbonyl (C=O) groups excluding carboxylic acids is 7. The van der Waals surface area contributed by atoms with Crippen molar-refractivity contribution in [3.63, 3.8) is 0 Å². The molecule has 276 valence electrons. The number of methoxy groups -OCH3 is 1. The predicted molar refractivity (Wildman–Crippen MR) is 187 cm³/mol. The lowest BCUT2D eigenvalue weighted by Crippen LogP contribution is -2.58. The molecule has 0 unspecified atom stereocenters. The number of primary amides is 2. The Labute approximate surface area is 297 Å². The lowest BCUT2D eigenvalue weighted by molar-refractivity contribution is -0.135. The van der Waals surface area contributed by atoms with Gasteiger partial charge in [-0.25, -0.2) is 9.59 Å². The topological polar surface area (TPSA) is 238 Å². The van der Waals surface area contributed by atoms with Crippen LogP contribution in [-0.4, -0.2) is 72.9 Å². The average molecular weight is 709 g/mol. The number of hydrogen-bond donors (Lipinski definition) is 6. The molecule has 15 heteroatoms. The minimum absolute atomic E-state index is 0.0124.